The van der Waals surface area contributed by atoms with E-state index in [1.807, 2.05) is 18.2 Å². The molecule has 1 aromatic heterocycles. The van der Waals surface area contributed by atoms with Crippen molar-refractivity contribution in [2.75, 3.05) is 5.32 Å². The van der Waals surface area contributed by atoms with Crippen LogP contribution in [0.3, 0.4) is 0 Å². The van der Waals surface area contributed by atoms with Crippen molar-refractivity contribution in [1.29, 1.82) is 0 Å². The molecule has 1 aliphatic heterocycles. The van der Waals surface area contributed by atoms with Gasteiger partial charge in [-0.05, 0) is 24.8 Å². The Morgan fingerprint density at radius 3 is 2.28 bits per heavy atom. The fraction of sp³-hybridized carbons (Fsp3) is 0.333. The summed E-state index contributed by atoms with van der Waals surface area (Å²) in [6, 6.07) is 10.3. The average Bonchev–Trinajstić information content (AvgIpc) is 3.10. The van der Waals surface area contributed by atoms with Crippen molar-refractivity contribution in [3.05, 3.63) is 53.9 Å². The van der Waals surface area contributed by atoms with Crippen LogP contribution < -0.4 is 5.32 Å². The van der Waals surface area contributed by atoms with E-state index in [4.69, 9.17) is 0 Å². The lowest BCUT2D eigenvalue weighted by atomic mass is 9.72. The summed E-state index contributed by atoms with van der Waals surface area (Å²) in [7, 11) is 0. The highest BCUT2D eigenvalue weighted by Gasteiger charge is 2.39. The summed E-state index contributed by atoms with van der Waals surface area (Å²) in [6.07, 6.45) is 3.89. The van der Waals surface area contributed by atoms with Gasteiger partial charge in [0.15, 0.2) is 0 Å². The Labute approximate surface area is 143 Å². The zero-order valence-electron chi connectivity index (χ0n) is 13.5. The van der Waals surface area contributed by atoms with Gasteiger partial charge in [-0.15, -0.1) is 0 Å². The van der Waals surface area contributed by atoms with Crippen molar-refractivity contribution in [2.24, 2.45) is 10.2 Å². The summed E-state index contributed by atoms with van der Waals surface area (Å²) in [5.41, 5.74) is 1.98. The third-order valence-electron chi connectivity index (χ3n) is 4.77. The number of nitrogens with one attached hydrogen (secondary N) is 1. The number of hydrogen-bond donors (Lipinski definition) is 1. The molecular formula is C18H17F2N5. The van der Waals surface area contributed by atoms with Gasteiger partial charge >= 0.3 is 0 Å². The van der Waals surface area contributed by atoms with Crippen LogP contribution in [0.2, 0.25) is 0 Å². The molecule has 4 rings (SSSR count). The second-order valence-corrected chi connectivity index (χ2v) is 6.34. The van der Waals surface area contributed by atoms with Crippen LogP contribution in [0, 0.1) is 0 Å². The van der Waals surface area contributed by atoms with E-state index < -0.39 is 6.43 Å². The van der Waals surface area contributed by atoms with Crippen molar-refractivity contribution in [1.82, 2.24) is 9.97 Å². The molecule has 0 amide bonds. The summed E-state index contributed by atoms with van der Waals surface area (Å²) in [4.78, 5) is 8.69. The maximum Gasteiger partial charge on any atom is 0.278 e. The minimum atomic E-state index is -2.58. The molecule has 1 aliphatic carbocycles. The number of aromatic nitrogens is 2. The van der Waals surface area contributed by atoms with Crippen LogP contribution in [0.25, 0.3) is 0 Å². The molecule has 1 fully saturated rings. The first kappa shape index (κ1) is 15.8. The molecule has 0 spiro atoms. The van der Waals surface area contributed by atoms with Gasteiger partial charge in [0.1, 0.15) is 5.71 Å². The molecule has 2 aromatic rings. The van der Waals surface area contributed by atoms with Gasteiger partial charge < -0.3 is 5.32 Å². The van der Waals surface area contributed by atoms with Gasteiger partial charge in [0, 0.05) is 24.4 Å². The van der Waals surface area contributed by atoms with Crippen molar-refractivity contribution < 1.29 is 8.78 Å². The van der Waals surface area contributed by atoms with E-state index in [0.29, 0.717) is 17.2 Å². The number of benzene rings is 1. The predicted octanol–water partition coefficient (Wildman–Crippen LogP) is 3.78. The first-order valence-corrected chi connectivity index (χ1v) is 8.24. The molecule has 7 heteroatoms. The summed E-state index contributed by atoms with van der Waals surface area (Å²) >= 11 is 0. The maximum absolute atomic E-state index is 12.6. The Bertz CT molecular complexity index is 811. The smallest absolute Gasteiger partial charge is 0.278 e. The standard InChI is InChI=1S/C18H17F2N5/c19-16(20)15-9-14(24-25-15)12-10-21-17(22-11-12)23-18(7-4-8-18)13-5-2-1-3-6-13/h1-3,5-6,10-11,16H,4,7-9H2,(H,21,22,23). The number of alkyl halides is 2. The Morgan fingerprint density at radius 2 is 1.72 bits per heavy atom. The van der Waals surface area contributed by atoms with Crippen LogP contribution in [-0.2, 0) is 5.54 Å². The molecular weight excluding hydrogens is 324 g/mol. The summed E-state index contributed by atoms with van der Waals surface area (Å²) in [5, 5.41) is 10.8. The quantitative estimate of drug-likeness (QED) is 0.900. The largest absolute Gasteiger partial charge is 0.345 e. The molecule has 2 aliphatic rings. The highest BCUT2D eigenvalue weighted by atomic mass is 19.3. The number of rotatable bonds is 5. The average molecular weight is 341 g/mol. The number of anilines is 1. The van der Waals surface area contributed by atoms with Gasteiger partial charge in [0.25, 0.3) is 6.43 Å². The molecule has 128 valence electrons. The fourth-order valence-electron chi connectivity index (χ4n) is 3.18. The first-order chi connectivity index (χ1) is 12.2. The van der Waals surface area contributed by atoms with E-state index >= 15 is 0 Å². The van der Waals surface area contributed by atoms with Crippen LogP contribution in [0.4, 0.5) is 14.7 Å². The molecule has 5 nitrogen and oxygen atoms in total. The molecule has 25 heavy (non-hydrogen) atoms. The van der Waals surface area contributed by atoms with Gasteiger partial charge in [-0.1, -0.05) is 30.3 Å². The van der Waals surface area contributed by atoms with Crippen molar-refractivity contribution in [3.8, 4) is 0 Å². The van der Waals surface area contributed by atoms with Crippen molar-refractivity contribution >= 4 is 17.4 Å². The lowest BCUT2D eigenvalue weighted by Gasteiger charge is -2.43. The van der Waals surface area contributed by atoms with Gasteiger partial charge in [-0.25, -0.2) is 18.7 Å². The van der Waals surface area contributed by atoms with Gasteiger partial charge in [-0.2, -0.15) is 10.2 Å². The SMILES string of the molecule is FC(F)C1=NN=C(c2cnc(NC3(c4ccccc4)CCC3)nc2)C1. The predicted molar refractivity (Wildman–Crippen MR) is 92.2 cm³/mol. The number of hydrogen-bond acceptors (Lipinski definition) is 5. The van der Waals surface area contributed by atoms with E-state index in [1.165, 1.54) is 5.56 Å². The Kier molecular flexibility index (Phi) is 3.99. The first-order valence-electron chi connectivity index (χ1n) is 8.24. The lowest BCUT2D eigenvalue weighted by Crippen LogP contribution is -2.42. The monoisotopic (exact) mass is 341 g/mol. The molecule has 2 heterocycles. The van der Waals surface area contributed by atoms with Crippen LogP contribution in [0.1, 0.15) is 36.8 Å². The second-order valence-electron chi connectivity index (χ2n) is 6.34. The molecule has 1 N–H and O–H groups in total. The van der Waals surface area contributed by atoms with E-state index in [1.54, 1.807) is 12.4 Å². The van der Waals surface area contributed by atoms with Crippen LogP contribution in [0.5, 0.6) is 0 Å². The highest BCUT2D eigenvalue weighted by molar-refractivity contribution is 6.15. The molecule has 0 atom stereocenters. The Morgan fingerprint density at radius 1 is 1.00 bits per heavy atom. The Balaban J connectivity index is 1.48. The zero-order chi connectivity index (χ0) is 17.3. The third-order valence-corrected chi connectivity index (χ3v) is 4.77. The summed E-state index contributed by atoms with van der Waals surface area (Å²) in [6.45, 7) is 0. The Hall–Kier alpha value is -2.70. The van der Waals surface area contributed by atoms with Crippen LogP contribution in [0.15, 0.2) is 52.9 Å². The second kappa shape index (κ2) is 6.31. The summed E-state index contributed by atoms with van der Waals surface area (Å²) < 4.78 is 25.3. The van der Waals surface area contributed by atoms with Gasteiger partial charge in [0.05, 0.1) is 11.3 Å². The van der Waals surface area contributed by atoms with E-state index in [9.17, 15) is 8.78 Å². The zero-order valence-corrected chi connectivity index (χ0v) is 13.5. The highest BCUT2D eigenvalue weighted by Crippen LogP contribution is 2.43. The van der Waals surface area contributed by atoms with E-state index in [-0.39, 0.29) is 17.7 Å². The molecule has 1 saturated carbocycles. The molecule has 0 saturated heterocycles. The molecule has 0 radical (unpaired) electrons. The van der Waals surface area contributed by atoms with Gasteiger partial charge in [-0.3, -0.25) is 0 Å². The summed E-state index contributed by atoms with van der Waals surface area (Å²) in [5.74, 6) is 0.529. The molecule has 0 bridgehead atoms. The van der Waals surface area contributed by atoms with Gasteiger partial charge in [0.2, 0.25) is 5.95 Å². The fourth-order valence-corrected chi connectivity index (χ4v) is 3.18. The minimum absolute atomic E-state index is 0.0434. The van der Waals surface area contributed by atoms with E-state index in [2.05, 4.69) is 37.6 Å². The van der Waals surface area contributed by atoms with Crippen LogP contribution in [-0.4, -0.2) is 27.8 Å². The minimum Gasteiger partial charge on any atom is -0.345 e. The molecule has 1 aromatic carbocycles. The normalized spacial score (nSPS) is 18.5. The van der Waals surface area contributed by atoms with E-state index in [0.717, 1.165) is 19.3 Å². The third kappa shape index (κ3) is 3.01. The van der Waals surface area contributed by atoms with Crippen molar-refractivity contribution in [3.63, 3.8) is 0 Å². The lowest BCUT2D eigenvalue weighted by molar-refractivity contribution is 0.224. The topological polar surface area (TPSA) is 62.5 Å². The van der Waals surface area contributed by atoms with Crippen LogP contribution >= 0.6 is 0 Å². The maximum atomic E-state index is 12.6. The van der Waals surface area contributed by atoms with Crippen molar-refractivity contribution in [2.45, 2.75) is 37.6 Å². The molecule has 0 unspecified atom stereocenters. The number of nitrogens with zero attached hydrogens (tertiary/aromatic N) is 4. The number of halogens is 2.